The number of hydrogen-bond donors (Lipinski definition) is 1. The first-order chi connectivity index (χ1) is 5.57. The van der Waals surface area contributed by atoms with Crippen LogP contribution in [0.25, 0.3) is 0 Å². The molecule has 0 bridgehead atoms. The van der Waals surface area contributed by atoms with Crippen LogP contribution in [0.15, 0.2) is 0 Å². The van der Waals surface area contributed by atoms with Gasteiger partial charge in [0.2, 0.25) is 0 Å². The molecule has 0 aromatic carbocycles. The minimum absolute atomic E-state index is 0.0592. The van der Waals surface area contributed by atoms with E-state index in [4.69, 9.17) is 11.5 Å². The lowest BCUT2D eigenvalue weighted by Gasteiger charge is -2.19. The molecule has 0 aromatic heterocycles. The second-order valence-corrected chi connectivity index (χ2v) is 3.72. The first kappa shape index (κ1) is 9.51. The fourth-order valence-electron chi connectivity index (χ4n) is 1.57. The lowest BCUT2D eigenvalue weighted by atomic mass is 10.0. The molecule has 66 valence electrons. The quantitative estimate of drug-likeness (QED) is 0.479. The molecule has 1 fully saturated rings. The van der Waals surface area contributed by atoms with Crippen molar-refractivity contribution >= 4 is 15.4 Å². The number of hydrogen-bond acceptors (Lipinski definition) is 2. The molecule has 1 saturated heterocycles. The summed E-state index contributed by atoms with van der Waals surface area (Å²) in [5, 5.41) is 8.79. The highest BCUT2D eigenvalue weighted by molar-refractivity contribution is 7.13. The predicted octanol–water partition coefficient (Wildman–Crippen LogP) is 0.573. The van der Waals surface area contributed by atoms with E-state index in [1.807, 2.05) is 6.92 Å². The molecular weight excluding hydrogens is 173 g/mol. The molecule has 0 aliphatic carbocycles. The number of rotatable bonds is 1. The van der Waals surface area contributed by atoms with Crippen LogP contribution in [0.4, 0.5) is 0 Å². The highest BCUT2D eigenvalue weighted by Crippen LogP contribution is 2.32. The van der Waals surface area contributed by atoms with Crippen LogP contribution in [0, 0.1) is 18.3 Å². The van der Waals surface area contributed by atoms with Crippen LogP contribution in [0.1, 0.15) is 13.3 Å². The van der Waals surface area contributed by atoms with E-state index in [-0.39, 0.29) is 12.0 Å². The standard InChI is InChI=1S/C8H12NO2P/c1-3-6-5(2)4-7(8(10)11)9(6)12/h1,5-7H,4,12H2,2H3,(H,10,11)/t5-,6+,7-/m0/s1. The monoisotopic (exact) mass is 185 g/mol. The van der Waals surface area contributed by atoms with Gasteiger partial charge in [0.1, 0.15) is 6.04 Å². The lowest BCUT2D eigenvalue weighted by molar-refractivity contribution is -0.140. The van der Waals surface area contributed by atoms with Gasteiger partial charge in [-0.25, -0.2) is 0 Å². The van der Waals surface area contributed by atoms with Crippen molar-refractivity contribution < 1.29 is 9.90 Å². The maximum absolute atomic E-state index is 10.7. The van der Waals surface area contributed by atoms with Gasteiger partial charge in [0.15, 0.2) is 0 Å². The molecule has 0 aromatic rings. The Kier molecular flexibility index (Phi) is 2.72. The molecule has 4 atom stereocenters. The number of carboxylic acids is 1. The molecule has 1 aliphatic rings. The Morgan fingerprint density at radius 1 is 1.83 bits per heavy atom. The molecule has 4 heteroatoms. The van der Waals surface area contributed by atoms with Crippen LogP contribution in [-0.2, 0) is 4.79 Å². The van der Waals surface area contributed by atoms with E-state index < -0.39 is 12.0 Å². The maximum Gasteiger partial charge on any atom is 0.321 e. The van der Waals surface area contributed by atoms with Gasteiger partial charge in [0.05, 0.1) is 6.04 Å². The highest BCUT2D eigenvalue weighted by Gasteiger charge is 2.39. The summed E-state index contributed by atoms with van der Waals surface area (Å²) in [6.45, 7) is 1.98. The van der Waals surface area contributed by atoms with Crippen molar-refractivity contribution in [1.29, 1.82) is 0 Å². The summed E-state index contributed by atoms with van der Waals surface area (Å²) in [6.07, 6.45) is 5.91. The second-order valence-electron chi connectivity index (χ2n) is 3.13. The summed E-state index contributed by atoms with van der Waals surface area (Å²) in [6, 6.07) is -0.498. The largest absolute Gasteiger partial charge is 0.480 e. The predicted molar refractivity (Wildman–Crippen MR) is 49.4 cm³/mol. The molecule has 0 amide bonds. The van der Waals surface area contributed by atoms with Gasteiger partial charge in [-0.05, 0) is 12.3 Å². The van der Waals surface area contributed by atoms with Crippen LogP contribution in [0.2, 0.25) is 0 Å². The van der Waals surface area contributed by atoms with Crippen molar-refractivity contribution in [3.8, 4) is 12.3 Å². The summed E-state index contributed by atoms with van der Waals surface area (Å²) >= 11 is 0. The first-order valence-corrected chi connectivity index (χ1v) is 4.31. The molecule has 1 N–H and O–H groups in total. The van der Waals surface area contributed by atoms with Crippen molar-refractivity contribution in [1.82, 2.24) is 4.67 Å². The third-order valence-electron chi connectivity index (χ3n) is 2.27. The summed E-state index contributed by atoms with van der Waals surface area (Å²) in [4.78, 5) is 10.7. The molecule has 3 nitrogen and oxygen atoms in total. The van der Waals surface area contributed by atoms with E-state index in [9.17, 15) is 4.79 Å². The topological polar surface area (TPSA) is 40.5 Å². The van der Waals surface area contributed by atoms with Crippen LogP contribution in [-0.4, -0.2) is 27.8 Å². The van der Waals surface area contributed by atoms with Gasteiger partial charge in [-0.2, -0.15) is 0 Å². The van der Waals surface area contributed by atoms with Crippen LogP contribution in [0.5, 0.6) is 0 Å². The Hall–Kier alpha value is -0.580. The minimum Gasteiger partial charge on any atom is -0.480 e. The Balaban J connectivity index is 2.76. The molecule has 1 rings (SSSR count). The van der Waals surface area contributed by atoms with Gasteiger partial charge in [-0.1, -0.05) is 22.2 Å². The van der Waals surface area contributed by atoms with Crippen molar-refractivity contribution in [2.24, 2.45) is 5.92 Å². The Morgan fingerprint density at radius 3 is 2.67 bits per heavy atom. The van der Waals surface area contributed by atoms with Gasteiger partial charge >= 0.3 is 5.97 Å². The molecule has 1 heterocycles. The highest BCUT2D eigenvalue weighted by atomic mass is 31.0. The van der Waals surface area contributed by atoms with Crippen molar-refractivity contribution in [3.63, 3.8) is 0 Å². The van der Waals surface area contributed by atoms with E-state index in [0.29, 0.717) is 6.42 Å². The van der Waals surface area contributed by atoms with E-state index in [0.717, 1.165) is 0 Å². The average Bonchev–Trinajstić information content (AvgIpc) is 2.27. The van der Waals surface area contributed by atoms with Gasteiger partial charge in [-0.3, -0.25) is 9.46 Å². The Labute approximate surface area is 74.4 Å². The van der Waals surface area contributed by atoms with Crippen LogP contribution in [0.3, 0.4) is 0 Å². The summed E-state index contributed by atoms with van der Waals surface area (Å²) < 4.78 is 1.67. The van der Waals surface area contributed by atoms with Crippen molar-refractivity contribution in [3.05, 3.63) is 0 Å². The maximum atomic E-state index is 10.7. The molecular formula is C8H12NO2P. The zero-order chi connectivity index (χ0) is 9.30. The normalized spacial score (nSPS) is 36.2. The third-order valence-corrected chi connectivity index (χ3v) is 2.95. The fraction of sp³-hybridized carbons (Fsp3) is 0.625. The van der Waals surface area contributed by atoms with Crippen LogP contribution >= 0.6 is 9.39 Å². The summed E-state index contributed by atoms with van der Waals surface area (Å²) in [5.74, 6) is 2.05. The number of nitrogens with zero attached hydrogens (tertiary/aromatic N) is 1. The number of carboxylic acid groups (broad SMARTS) is 1. The number of terminal acetylenes is 1. The van der Waals surface area contributed by atoms with Gasteiger partial charge in [0.25, 0.3) is 0 Å². The summed E-state index contributed by atoms with van der Waals surface area (Å²) in [7, 11) is 2.40. The SMILES string of the molecule is C#C[C@@H]1[C@@H](C)C[C@@H](C(=O)O)N1P. The molecule has 0 saturated carbocycles. The third kappa shape index (κ3) is 1.46. The zero-order valence-electron chi connectivity index (χ0n) is 6.90. The Morgan fingerprint density at radius 2 is 2.42 bits per heavy atom. The molecule has 0 spiro atoms. The molecule has 0 radical (unpaired) electrons. The molecule has 1 aliphatic heterocycles. The van der Waals surface area contributed by atoms with E-state index in [1.165, 1.54) is 0 Å². The van der Waals surface area contributed by atoms with Crippen LogP contribution < -0.4 is 0 Å². The average molecular weight is 185 g/mol. The van der Waals surface area contributed by atoms with Gasteiger partial charge in [0, 0.05) is 0 Å². The van der Waals surface area contributed by atoms with Crippen molar-refractivity contribution in [2.45, 2.75) is 25.4 Å². The van der Waals surface area contributed by atoms with E-state index >= 15 is 0 Å². The van der Waals surface area contributed by atoms with E-state index in [2.05, 4.69) is 15.3 Å². The van der Waals surface area contributed by atoms with Gasteiger partial charge < -0.3 is 5.11 Å². The summed E-state index contributed by atoms with van der Waals surface area (Å²) in [5.41, 5.74) is 0. The molecule has 12 heavy (non-hydrogen) atoms. The van der Waals surface area contributed by atoms with Gasteiger partial charge in [-0.15, -0.1) is 6.42 Å². The zero-order valence-corrected chi connectivity index (χ0v) is 8.05. The number of carbonyl (C=O) groups is 1. The lowest BCUT2D eigenvalue weighted by Crippen LogP contribution is -2.32. The minimum atomic E-state index is -0.797. The van der Waals surface area contributed by atoms with Crippen molar-refractivity contribution in [2.75, 3.05) is 0 Å². The molecule has 1 unspecified atom stereocenters. The fourth-order valence-corrected chi connectivity index (χ4v) is 2.20. The second kappa shape index (κ2) is 3.43. The van der Waals surface area contributed by atoms with E-state index in [1.54, 1.807) is 4.67 Å². The Bertz CT molecular complexity index is 236. The number of aliphatic carboxylic acids is 1. The first-order valence-electron chi connectivity index (χ1n) is 3.80. The smallest absolute Gasteiger partial charge is 0.321 e.